The molecule has 0 aliphatic heterocycles. The number of nitrogens with one attached hydrogen (secondary N) is 1. The first-order chi connectivity index (χ1) is 12.7. The Kier molecular flexibility index (Phi) is 6.07. The van der Waals surface area contributed by atoms with Crippen LogP contribution in [0, 0.1) is 11.8 Å². The van der Waals surface area contributed by atoms with Gasteiger partial charge in [-0.15, -0.1) is 0 Å². The van der Waals surface area contributed by atoms with Gasteiger partial charge in [-0.1, -0.05) is 6.42 Å². The molecule has 0 radical (unpaired) electrons. The Labute approximate surface area is 153 Å². The molecule has 3 N–H and O–H groups in total. The number of benzene rings is 1. The third-order valence-electron chi connectivity index (χ3n) is 4.85. The van der Waals surface area contributed by atoms with Gasteiger partial charge in [0.2, 0.25) is 11.8 Å². The fraction of sp³-hybridized carbons (Fsp3) is 0.400. The van der Waals surface area contributed by atoms with Crippen LogP contribution in [0.15, 0.2) is 42.6 Å². The molecule has 1 amide bonds. The van der Waals surface area contributed by atoms with Gasteiger partial charge in [-0.25, -0.2) is 4.98 Å². The summed E-state index contributed by atoms with van der Waals surface area (Å²) in [6.07, 6.45) is 4.73. The number of carbonyl (C=O) groups excluding carboxylic acids is 1. The zero-order valence-electron chi connectivity index (χ0n) is 15.0. The van der Waals surface area contributed by atoms with E-state index in [-0.39, 0.29) is 11.8 Å². The van der Waals surface area contributed by atoms with Gasteiger partial charge in [0, 0.05) is 24.7 Å². The maximum absolute atomic E-state index is 12.4. The first kappa shape index (κ1) is 18.2. The van der Waals surface area contributed by atoms with E-state index in [1.807, 2.05) is 36.4 Å². The lowest BCUT2D eigenvalue weighted by molar-refractivity contribution is -0.126. The van der Waals surface area contributed by atoms with E-state index in [1.165, 1.54) is 0 Å². The van der Waals surface area contributed by atoms with Gasteiger partial charge in [0.15, 0.2) is 0 Å². The van der Waals surface area contributed by atoms with Crippen LogP contribution in [0.1, 0.15) is 24.8 Å². The van der Waals surface area contributed by atoms with Crippen molar-refractivity contribution in [3.05, 3.63) is 48.2 Å². The molecule has 2 atom stereocenters. The van der Waals surface area contributed by atoms with Crippen LogP contribution in [0.4, 0.5) is 0 Å². The number of ether oxygens (including phenoxy) is 2. The van der Waals surface area contributed by atoms with Gasteiger partial charge in [-0.3, -0.25) is 4.79 Å². The Morgan fingerprint density at radius 1 is 1.23 bits per heavy atom. The molecule has 6 nitrogen and oxygen atoms in total. The Hall–Kier alpha value is -2.60. The molecular weight excluding hydrogens is 330 g/mol. The molecule has 1 heterocycles. The second kappa shape index (κ2) is 8.67. The second-order valence-electron chi connectivity index (χ2n) is 6.53. The van der Waals surface area contributed by atoms with Crippen molar-refractivity contribution in [3.63, 3.8) is 0 Å². The predicted octanol–water partition coefficient (Wildman–Crippen LogP) is 2.87. The monoisotopic (exact) mass is 355 g/mol. The Morgan fingerprint density at radius 2 is 2.00 bits per heavy atom. The van der Waals surface area contributed by atoms with Crippen molar-refractivity contribution in [2.75, 3.05) is 13.7 Å². The summed E-state index contributed by atoms with van der Waals surface area (Å²) in [7, 11) is 1.62. The van der Waals surface area contributed by atoms with Crippen molar-refractivity contribution >= 4 is 5.91 Å². The zero-order chi connectivity index (χ0) is 18.4. The van der Waals surface area contributed by atoms with Gasteiger partial charge in [0.05, 0.1) is 7.11 Å². The summed E-state index contributed by atoms with van der Waals surface area (Å²) in [6.45, 7) is 1.03. The number of hydrogen-bond donors (Lipinski definition) is 2. The first-order valence-electron chi connectivity index (χ1n) is 8.94. The van der Waals surface area contributed by atoms with Crippen LogP contribution in [0.25, 0.3) is 0 Å². The molecule has 1 aromatic carbocycles. The SMILES string of the molecule is COc1ccc(Oc2cc(CNC(=O)[C@@H]3CCC[C@@H]3CN)ccn2)cc1. The molecule has 3 rings (SSSR count). The molecule has 138 valence electrons. The number of amides is 1. The van der Waals surface area contributed by atoms with Crippen LogP contribution in [0.2, 0.25) is 0 Å². The molecule has 2 aromatic rings. The summed E-state index contributed by atoms with van der Waals surface area (Å²) in [5, 5.41) is 3.02. The quantitative estimate of drug-likeness (QED) is 0.797. The molecular formula is C20H25N3O3. The van der Waals surface area contributed by atoms with Crippen molar-refractivity contribution in [3.8, 4) is 17.4 Å². The topological polar surface area (TPSA) is 86.5 Å². The smallest absolute Gasteiger partial charge is 0.223 e. The highest BCUT2D eigenvalue weighted by atomic mass is 16.5. The largest absolute Gasteiger partial charge is 0.497 e. The first-order valence-corrected chi connectivity index (χ1v) is 8.94. The molecule has 0 unspecified atom stereocenters. The molecule has 0 bridgehead atoms. The zero-order valence-corrected chi connectivity index (χ0v) is 15.0. The van der Waals surface area contributed by atoms with Crippen molar-refractivity contribution in [1.29, 1.82) is 0 Å². The molecule has 0 spiro atoms. The van der Waals surface area contributed by atoms with E-state index in [2.05, 4.69) is 10.3 Å². The third-order valence-corrected chi connectivity index (χ3v) is 4.85. The molecule has 1 saturated carbocycles. The molecule has 1 aromatic heterocycles. The second-order valence-corrected chi connectivity index (χ2v) is 6.53. The molecule has 6 heteroatoms. The summed E-state index contributed by atoms with van der Waals surface area (Å²) >= 11 is 0. The standard InChI is InChI=1S/C20H25N3O3/c1-25-16-5-7-17(8-6-16)26-19-11-14(9-10-22-19)13-23-20(24)18-4-2-3-15(18)12-21/h5-11,15,18H,2-4,12-13,21H2,1H3,(H,23,24)/t15-,18-/m1/s1. The maximum atomic E-state index is 12.4. The number of hydrogen-bond acceptors (Lipinski definition) is 5. The molecule has 0 saturated heterocycles. The van der Waals surface area contributed by atoms with E-state index in [0.717, 1.165) is 30.6 Å². The van der Waals surface area contributed by atoms with Crippen LogP contribution < -0.4 is 20.5 Å². The number of nitrogens with two attached hydrogens (primary N) is 1. The number of aromatic nitrogens is 1. The van der Waals surface area contributed by atoms with Gasteiger partial charge in [0.25, 0.3) is 0 Å². The van der Waals surface area contributed by atoms with Crippen molar-refractivity contribution in [2.24, 2.45) is 17.6 Å². The Bertz CT molecular complexity index is 733. The van der Waals surface area contributed by atoms with Crippen LogP contribution in [0.3, 0.4) is 0 Å². The normalized spacial score (nSPS) is 19.2. The fourth-order valence-corrected chi connectivity index (χ4v) is 3.37. The van der Waals surface area contributed by atoms with Crippen LogP contribution in [0.5, 0.6) is 17.4 Å². The van der Waals surface area contributed by atoms with Crippen LogP contribution in [-0.4, -0.2) is 24.5 Å². The minimum atomic E-state index is 0.0388. The minimum Gasteiger partial charge on any atom is -0.497 e. The summed E-state index contributed by atoms with van der Waals surface area (Å²) in [5.41, 5.74) is 6.71. The van der Waals surface area contributed by atoms with E-state index < -0.39 is 0 Å². The number of pyridine rings is 1. The van der Waals surface area contributed by atoms with Crippen molar-refractivity contribution in [2.45, 2.75) is 25.8 Å². The molecule has 26 heavy (non-hydrogen) atoms. The van der Waals surface area contributed by atoms with Crippen molar-refractivity contribution in [1.82, 2.24) is 10.3 Å². The van der Waals surface area contributed by atoms with Gasteiger partial charge in [-0.2, -0.15) is 0 Å². The van der Waals surface area contributed by atoms with E-state index in [9.17, 15) is 4.79 Å². The summed E-state index contributed by atoms with van der Waals surface area (Å²) in [5.74, 6) is 2.37. The highest BCUT2D eigenvalue weighted by Gasteiger charge is 2.31. The lowest BCUT2D eigenvalue weighted by Crippen LogP contribution is -2.34. The lowest BCUT2D eigenvalue weighted by Gasteiger charge is -2.17. The summed E-state index contributed by atoms with van der Waals surface area (Å²) in [6, 6.07) is 11.0. The van der Waals surface area contributed by atoms with Crippen LogP contribution >= 0.6 is 0 Å². The highest BCUT2D eigenvalue weighted by Crippen LogP contribution is 2.31. The lowest BCUT2D eigenvalue weighted by atomic mass is 9.95. The van der Waals surface area contributed by atoms with Gasteiger partial charge < -0.3 is 20.5 Å². The molecule has 1 fully saturated rings. The minimum absolute atomic E-state index is 0.0388. The molecule has 1 aliphatic rings. The third kappa shape index (κ3) is 4.52. The predicted molar refractivity (Wildman–Crippen MR) is 99.0 cm³/mol. The number of rotatable bonds is 7. The Balaban J connectivity index is 1.57. The average Bonchev–Trinajstić information content (AvgIpc) is 3.16. The van der Waals surface area contributed by atoms with Gasteiger partial charge in [-0.05, 0) is 61.2 Å². The maximum Gasteiger partial charge on any atom is 0.223 e. The number of nitrogens with zero attached hydrogens (tertiary/aromatic N) is 1. The van der Waals surface area contributed by atoms with Crippen molar-refractivity contribution < 1.29 is 14.3 Å². The fourth-order valence-electron chi connectivity index (χ4n) is 3.37. The van der Waals surface area contributed by atoms with Gasteiger partial charge >= 0.3 is 0 Å². The number of carbonyl (C=O) groups is 1. The average molecular weight is 355 g/mol. The van der Waals surface area contributed by atoms with Crippen LogP contribution in [-0.2, 0) is 11.3 Å². The number of methoxy groups -OCH3 is 1. The summed E-state index contributed by atoms with van der Waals surface area (Å²) < 4.78 is 10.9. The van der Waals surface area contributed by atoms with E-state index in [1.54, 1.807) is 13.3 Å². The Morgan fingerprint density at radius 3 is 2.73 bits per heavy atom. The van der Waals surface area contributed by atoms with E-state index >= 15 is 0 Å². The molecule has 1 aliphatic carbocycles. The van der Waals surface area contributed by atoms with Gasteiger partial charge in [0.1, 0.15) is 11.5 Å². The van der Waals surface area contributed by atoms with E-state index in [0.29, 0.717) is 30.6 Å². The summed E-state index contributed by atoms with van der Waals surface area (Å²) in [4.78, 5) is 16.6. The highest BCUT2D eigenvalue weighted by molar-refractivity contribution is 5.79. The van der Waals surface area contributed by atoms with E-state index in [4.69, 9.17) is 15.2 Å².